The van der Waals surface area contributed by atoms with Gasteiger partial charge in [-0.05, 0) is 19.8 Å². The maximum Gasteiger partial charge on any atom is 0.234 e. The molecule has 1 unspecified atom stereocenters. The number of hydrogen-bond acceptors (Lipinski definition) is 2. The molecule has 1 atom stereocenters. The predicted octanol–water partition coefficient (Wildman–Crippen LogP) is 0.512. The van der Waals surface area contributed by atoms with Crippen molar-refractivity contribution in [2.45, 2.75) is 25.8 Å². The van der Waals surface area contributed by atoms with Crippen LogP contribution in [0.2, 0.25) is 0 Å². The van der Waals surface area contributed by atoms with Crippen LogP contribution < -0.4 is 5.73 Å². The van der Waals surface area contributed by atoms with E-state index in [2.05, 4.69) is 11.5 Å². The number of primary amides is 1. The molecule has 1 aliphatic rings. The lowest BCUT2D eigenvalue weighted by atomic mass is 10.0. The molecule has 0 saturated carbocycles. The summed E-state index contributed by atoms with van der Waals surface area (Å²) in [5, 5.41) is 0. The summed E-state index contributed by atoms with van der Waals surface area (Å²) in [6.07, 6.45) is 2.00. The second-order valence-electron chi connectivity index (χ2n) is 3.36. The van der Waals surface area contributed by atoms with E-state index in [1.165, 1.54) is 5.57 Å². The van der Waals surface area contributed by atoms with Crippen LogP contribution in [-0.4, -0.2) is 29.9 Å². The summed E-state index contributed by atoms with van der Waals surface area (Å²) < 4.78 is 0. The molecule has 2 N–H and O–H groups in total. The molecule has 1 fully saturated rings. The Kier molecular flexibility index (Phi) is 2.87. The molecule has 0 radical (unpaired) electrons. The van der Waals surface area contributed by atoms with Crippen molar-refractivity contribution in [2.75, 3.05) is 13.1 Å². The summed E-state index contributed by atoms with van der Waals surface area (Å²) in [6, 6.07) is -0.127. The van der Waals surface area contributed by atoms with Gasteiger partial charge in [-0.3, -0.25) is 9.69 Å². The number of carbonyl (C=O) groups excluding carboxylic acids is 1. The molecule has 0 aliphatic carbocycles. The van der Waals surface area contributed by atoms with Crippen molar-refractivity contribution in [3.63, 3.8) is 0 Å². The Labute approximate surface area is 73.2 Å². The molecule has 1 aliphatic heterocycles. The van der Waals surface area contributed by atoms with E-state index in [-0.39, 0.29) is 11.9 Å². The van der Waals surface area contributed by atoms with Crippen LogP contribution >= 0.6 is 0 Å². The number of nitrogens with two attached hydrogens (primary N) is 1. The molecule has 0 spiro atoms. The topological polar surface area (TPSA) is 46.3 Å². The molecule has 0 bridgehead atoms. The van der Waals surface area contributed by atoms with Crippen molar-refractivity contribution >= 4 is 5.91 Å². The molecule has 3 nitrogen and oxygen atoms in total. The van der Waals surface area contributed by atoms with Crippen LogP contribution in [0, 0.1) is 0 Å². The molecule has 0 aromatic rings. The van der Waals surface area contributed by atoms with Crippen LogP contribution in [0.5, 0.6) is 0 Å². The molecule has 0 aromatic carbocycles. The molecule has 1 saturated heterocycles. The molecule has 1 rings (SSSR count). The van der Waals surface area contributed by atoms with Gasteiger partial charge in [0.2, 0.25) is 5.91 Å². The van der Waals surface area contributed by atoms with Gasteiger partial charge in [0.1, 0.15) is 0 Å². The standard InChI is InChI=1S/C9H16N2O/c1-7-3-5-11(6-4-7)8(2)9(10)12/h8H,1,3-6H2,2H3,(H2,10,12). The number of rotatable bonds is 2. The molecule has 3 heteroatoms. The Morgan fingerprint density at radius 2 is 2.08 bits per heavy atom. The Bertz CT molecular complexity index is 191. The zero-order valence-corrected chi connectivity index (χ0v) is 7.55. The first-order chi connectivity index (χ1) is 5.61. The fraction of sp³-hybridized carbons (Fsp3) is 0.667. The minimum Gasteiger partial charge on any atom is -0.368 e. The van der Waals surface area contributed by atoms with Crippen LogP contribution in [-0.2, 0) is 4.79 Å². The third-order valence-corrected chi connectivity index (χ3v) is 2.46. The number of nitrogens with zero attached hydrogens (tertiary/aromatic N) is 1. The van der Waals surface area contributed by atoms with Gasteiger partial charge in [-0.15, -0.1) is 0 Å². The lowest BCUT2D eigenvalue weighted by Gasteiger charge is -2.31. The van der Waals surface area contributed by atoms with E-state index in [4.69, 9.17) is 5.73 Å². The van der Waals surface area contributed by atoms with Crippen molar-refractivity contribution in [3.8, 4) is 0 Å². The highest BCUT2D eigenvalue weighted by atomic mass is 16.1. The van der Waals surface area contributed by atoms with Crippen molar-refractivity contribution in [3.05, 3.63) is 12.2 Å². The number of likely N-dealkylation sites (tertiary alicyclic amines) is 1. The second kappa shape index (κ2) is 3.72. The van der Waals surface area contributed by atoms with Crippen LogP contribution in [0.3, 0.4) is 0 Å². The molecule has 12 heavy (non-hydrogen) atoms. The summed E-state index contributed by atoms with van der Waals surface area (Å²) in [7, 11) is 0. The lowest BCUT2D eigenvalue weighted by Crippen LogP contribution is -2.45. The SMILES string of the molecule is C=C1CCN(C(C)C(N)=O)CC1. The first kappa shape index (κ1) is 9.26. The second-order valence-corrected chi connectivity index (χ2v) is 3.36. The van der Waals surface area contributed by atoms with Gasteiger partial charge in [-0.2, -0.15) is 0 Å². The Morgan fingerprint density at radius 1 is 1.58 bits per heavy atom. The molecule has 1 amide bonds. The van der Waals surface area contributed by atoms with Gasteiger partial charge >= 0.3 is 0 Å². The van der Waals surface area contributed by atoms with E-state index < -0.39 is 0 Å². The monoisotopic (exact) mass is 168 g/mol. The van der Waals surface area contributed by atoms with Gasteiger partial charge < -0.3 is 5.73 Å². The predicted molar refractivity (Wildman–Crippen MR) is 48.6 cm³/mol. The van der Waals surface area contributed by atoms with Gasteiger partial charge in [0, 0.05) is 13.1 Å². The zero-order valence-electron chi connectivity index (χ0n) is 7.55. The maximum absolute atomic E-state index is 10.8. The van der Waals surface area contributed by atoms with E-state index in [9.17, 15) is 4.79 Å². The van der Waals surface area contributed by atoms with Gasteiger partial charge in [-0.1, -0.05) is 12.2 Å². The summed E-state index contributed by atoms with van der Waals surface area (Å²) in [6.45, 7) is 7.61. The van der Waals surface area contributed by atoms with Gasteiger partial charge in [0.25, 0.3) is 0 Å². The Hall–Kier alpha value is -0.830. The molecular formula is C9H16N2O. The molecule has 0 aromatic heterocycles. The zero-order chi connectivity index (χ0) is 9.14. The van der Waals surface area contributed by atoms with Crippen molar-refractivity contribution in [1.82, 2.24) is 4.90 Å². The summed E-state index contributed by atoms with van der Waals surface area (Å²) >= 11 is 0. The fourth-order valence-corrected chi connectivity index (χ4v) is 1.41. The quantitative estimate of drug-likeness (QED) is 0.611. The first-order valence-electron chi connectivity index (χ1n) is 4.31. The van der Waals surface area contributed by atoms with Crippen LogP contribution in [0.4, 0.5) is 0 Å². The van der Waals surface area contributed by atoms with Crippen LogP contribution in [0.1, 0.15) is 19.8 Å². The number of amides is 1. The Morgan fingerprint density at radius 3 is 2.50 bits per heavy atom. The summed E-state index contributed by atoms with van der Waals surface area (Å²) in [5.74, 6) is -0.234. The van der Waals surface area contributed by atoms with Gasteiger partial charge in [0.15, 0.2) is 0 Å². The largest absolute Gasteiger partial charge is 0.368 e. The molecular weight excluding hydrogens is 152 g/mol. The third kappa shape index (κ3) is 2.08. The van der Waals surface area contributed by atoms with E-state index in [1.807, 2.05) is 6.92 Å². The average molecular weight is 168 g/mol. The highest BCUT2D eigenvalue weighted by Gasteiger charge is 2.21. The lowest BCUT2D eigenvalue weighted by molar-refractivity contribution is -0.122. The Balaban J connectivity index is 2.44. The third-order valence-electron chi connectivity index (χ3n) is 2.46. The number of hydrogen-bond donors (Lipinski definition) is 1. The minimum atomic E-state index is -0.234. The average Bonchev–Trinajstić information content (AvgIpc) is 2.04. The normalized spacial score (nSPS) is 22.2. The van der Waals surface area contributed by atoms with E-state index >= 15 is 0 Å². The minimum absolute atomic E-state index is 0.127. The molecule has 1 heterocycles. The summed E-state index contributed by atoms with van der Waals surface area (Å²) in [5.41, 5.74) is 6.48. The van der Waals surface area contributed by atoms with E-state index in [0.717, 1.165) is 25.9 Å². The fourth-order valence-electron chi connectivity index (χ4n) is 1.41. The van der Waals surface area contributed by atoms with Crippen LogP contribution in [0.15, 0.2) is 12.2 Å². The highest BCUT2D eigenvalue weighted by molar-refractivity contribution is 5.79. The molecule has 68 valence electrons. The smallest absolute Gasteiger partial charge is 0.234 e. The number of piperidine rings is 1. The summed E-state index contributed by atoms with van der Waals surface area (Å²) in [4.78, 5) is 12.9. The van der Waals surface area contributed by atoms with Crippen molar-refractivity contribution < 1.29 is 4.79 Å². The number of carbonyl (C=O) groups is 1. The van der Waals surface area contributed by atoms with E-state index in [0.29, 0.717) is 0 Å². The first-order valence-corrected chi connectivity index (χ1v) is 4.31. The highest BCUT2D eigenvalue weighted by Crippen LogP contribution is 2.15. The van der Waals surface area contributed by atoms with Crippen molar-refractivity contribution in [2.24, 2.45) is 5.73 Å². The van der Waals surface area contributed by atoms with Crippen LogP contribution in [0.25, 0.3) is 0 Å². The maximum atomic E-state index is 10.8. The van der Waals surface area contributed by atoms with Gasteiger partial charge in [0.05, 0.1) is 6.04 Å². The van der Waals surface area contributed by atoms with Crippen molar-refractivity contribution in [1.29, 1.82) is 0 Å². The van der Waals surface area contributed by atoms with E-state index in [1.54, 1.807) is 0 Å². The van der Waals surface area contributed by atoms with Gasteiger partial charge in [-0.25, -0.2) is 0 Å².